The van der Waals surface area contributed by atoms with Crippen LogP contribution < -0.4 is 10.6 Å². The van der Waals surface area contributed by atoms with Crippen LogP contribution in [0.1, 0.15) is 32.8 Å². The lowest BCUT2D eigenvalue weighted by molar-refractivity contribution is 0.0926. The fourth-order valence-electron chi connectivity index (χ4n) is 2.10. The molecule has 0 bridgehead atoms. The number of anilines is 1. The second-order valence-electron chi connectivity index (χ2n) is 5.10. The maximum atomic E-state index is 12.5. The van der Waals surface area contributed by atoms with Crippen molar-refractivity contribution in [2.24, 2.45) is 0 Å². The summed E-state index contributed by atoms with van der Waals surface area (Å²) in [5.74, 6) is -1.08. The number of carbonyl (C=O) groups excluding carboxylic acids is 3. The number of fused-ring (bicyclic) bond motifs is 1. The number of nitrogens with zero attached hydrogens (tertiary/aromatic N) is 2. The number of aromatic nitrogens is 2. The van der Waals surface area contributed by atoms with E-state index in [0.717, 1.165) is 10.4 Å². The van der Waals surface area contributed by atoms with E-state index in [1.807, 2.05) is 13.0 Å². The Labute approximate surface area is 156 Å². The molecule has 0 aliphatic rings. The van der Waals surface area contributed by atoms with Crippen LogP contribution >= 0.6 is 22.7 Å². The quantitative estimate of drug-likeness (QED) is 0.708. The van der Waals surface area contributed by atoms with Gasteiger partial charge in [-0.1, -0.05) is 0 Å². The summed E-state index contributed by atoms with van der Waals surface area (Å²) in [5.41, 5.74) is 1.65. The molecule has 2 N–H and O–H groups in total. The second kappa shape index (κ2) is 7.58. The van der Waals surface area contributed by atoms with Gasteiger partial charge in [-0.3, -0.25) is 19.9 Å². The Kier molecular flexibility index (Phi) is 5.24. The van der Waals surface area contributed by atoms with Crippen molar-refractivity contribution in [1.82, 2.24) is 15.3 Å². The smallest absolute Gasteiger partial charge is 0.414 e. The average Bonchev–Trinajstić information content (AvgIpc) is 3.21. The molecular formula is C16H14N4O4S2. The standard InChI is InChI=1S/C16H14N4O4S2/c1-3-24-16(23)20-12(21)9-4-5-25-14(9)19-13(22)15-18-10-7-17-8(2)6-11(10)26-15/h4-7H,3H2,1-2H3,(H,19,22)(H,20,21,23). The largest absolute Gasteiger partial charge is 0.450 e. The number of pyridine rings is 1. The van der Waals surface area contributed by atoms with Gasteiger partial charge in [0.15, 0.2) is 5.01 Å². The van der Waals surface area contributed by atoms with Gasteiger partial charge in [0.1, 0.15) is 10.5 Å². The van der Waals surface area contributed by atoms with E-state index in [4.69, 9.17) is 0 Å². The zero-order valence-electron chi connectivity index (χ0n) is 13.9. The molecular weight excluding hydrogens is 376 g/mol. The molecule has 0 unspecified atom stereocenters. The first-order chi connectivity index (χ1) is 12.5. The van der Waals surface area contributed by atoms with Gasteiger partial charge in [-0.15, -0.1) is 22.7 Å². The van der Waals surface area contributed by atoms with Crippen molar-refractivity contribution in [1.29, 1.82) is 0 Å². The Balaban J connectivity index is 1.76. The molecule has 8 nitrogen and oxygen atoms in total. The molecule has 0 fully saturated rings. The average molecular weight is 390 g/mol. The van der Waals surface area contributed by atoms with Crippen LogP contribution in [0.15, 0.2) is 23.7 Å². The van der Waals surface area contributed by atoms with Crippen molar-refractivity contribution in [3.8, 4) is 0 Å². The van der Waals surface area contributed by atoms with Crippen LogP contribution in [-0.4, -0.2) is 34.5 Å². The van der Waals surface area contributed by atoms with Gasteiger partial charge in [0.25, 0.3) is 11.8 Å². The van der Waals surface area contributed by atoms with Crippen LogP contribution in [0.2, 0.25) is 0 Å². The number of rotatable bonds is 4. The number of ether oxygens (including phenoxy) is 1. The van der Waals surface area contributed by atoms with Crippen molar-refractivity contribution < 1.29 is 19.1 Å². The third-order valence-corrected chi connectivity index (χ3v) is 5.08. The third-order valence-electron chi connectivity index (χ3n) is 3.23. The summed E-state index contributed by atoms with van der Waals surface area (Å²) >= 11 is 2.41. The molecule has 3 amide bonds. The maximum absolute atomic E-state index is 12.5. The fraction of sp³-hybridized carbons (Fsp3) is 0.188. The third kappa shape index (κ3) is 3.86. The molecule has 0 spiro atoms. The summed E-state index contributed by atoms with van der Waals surface area (Å²) in [4.78, 5) is 44.4. The lowest BCUT2D eigenvalue weighted by Crippen LogP contribution is -2.31. The predicted octanol–water partition coefficient (Wildman–Crippen LogP) is 3.20. The number of thiazole rings is 1. The van der Waals surface area contributed by atoms with Gasteiger partial charge in [0.2, 0.25) is 0 Å². The second-order valence-corrected chi connectivity index (χ2v) is 7.05. The van der Waals surface area contributed by atoms with Gasteiger partial charge in [0, 0.05) is 5.69 Å². The Morgan fingerprint density at radius 3 is 2.85 bits per heavy atom. The van der Waals surface area contributed by atoms with E-state index in [0.29, 0.717) is 10.5 Å². The first-order valence-electron chi connectivity index (χ1n) is 7.58. The van der Waals surface area contributed by atoms with E-state index in [1.165, 1.54) is 28.7 Å². The van der Waals surface area contributed by atoms with Crippen molar-refractivity contribution in [3.05, 3.63) is 40.0 Å². The summed E-state index contributed by atoms with van der Waals surface area (Å²) in [6, 6.07) is 3.37. The highest BCUT2D eigenvalue weighted by molar-refractivity contribution is 7.20. The lowest BCUT2D eigenvalue weighted by atomic mass is 10.3. The molecule has 3 heterocycles. The number of nitrogens with one attached hydrogen (secondary N) is 2. The summed E-state index contributed by atoms with van der Waals surface area (Å²) < 4.78 is 5.53. The van der Waals surface area contributed by atoms with Crippen LogP contribution in [0.25, 0.3) is 10.2 Å². The van der Waals surface area contributed by atoms with Crippen molar-refractivity contribution in [3.63, 3.8) is 0 Å². The number of thiophene rings is 1. The topological polar surface area (TPSA) is 110 Å². The summed E-state index contributed by atoms with van der Waals surface area (Å²) in [5, 5.41) is 6.99. The summed E-state index contributed by atoms with van der Waals surface area (Å²) in [6.45, 7) is 3.65. The van der Waals surface area contributed by atoms with Gasteiger partial charge in [-0.25, -0.2) is 9.78 Å². The van der Waals surface area contributed by atoms with Crippen LogP contribution in [-0.2, 0) is 4.74 Å². The number of amides is 3. The zero-order chi connectivity index (χ0) is 18.7. The minimum atomic E-state index is -0.838. The molecule has 0 saturated heterocycles. The van der Waals surface area contributed by atoms with Crippen LogP contribution in [0.4, 0.5) is 9.80 Å². The van der Waals surface area contributed by atoms with Crippen molar-refractivity contribution in [2.45, 2.75) is 13.8 Å². The Hall–Kier alpha value is -2.85. The fourth-order valence-corrected chi connectivity index (χ4v) is 3.80. The minimum Gasteiger partial charge on any atom is -0.450 e. The number of aryl methyl sites for hydroxylation is 1. The first kappa shape index (κ1) is 18.0. The van der Waals surface area contributed by atoms with Gasteiger partial charge in [-0.05, 0) is 31.4 Å². The summed E-state index contributed by atoms with van der Waals surface area (Å²) in [7, 11) is 0. The molecule has 0 aromatic carbocycles. The number of carbonyl (C=O) groups is 3. The van der Waals surface area contributed by atoms with Gasteiger partial charge < -0.3 is 10.1 Å². The molecule has 0 aliphatic heterocycles. The van der Waals surface area contributed by atoms with Gasteiger partial charge >= 0.3 is 6.09 Å². The number of imide groups is 1. The Morgan fingerprint density at radius 1 is 1.27 bits per heavy atom. The van der Waals surface area contributed by atoms with E-state index in [2.05, 4.69) is 25.3 Å². The molecule has 3 aromatic rings. The minimum absolute atomic E-state index is 0.151. The highest BCUT2D eigenvalue weighted by atomic mass is 32.1. The molecule has 0 atom stereocenters. The van der Waals surface area contributed by atoms with E-state index in [1.54, 1.807) is 18.5 Å². The molecule has 0 aliphatic carbocycles. The number of hydrogen-bond acceptors (Lipinski definition) is 8. The van der Waals surface area contributed by atoms with E-state index >= 15 is 0 Å². The van der Waals surface area contributed by atoms with Gasteiger partial charge in [0.05, 0.1) is 23.1 Å². The Bertz CT molecular complexity index is 995. The summed E-state index contributed by atoms with van der Waals surface area (Å²) in [6.07, 6.45) is 0.774. The molecule has 10 heteroatoms. The monoisotopic (exact) mass is 390 g/mol. The zero-order valence-corrected chi connectivity index (χ0v) is 15.5. The van der Waals surface area contributed by atoms with E-state index in [-0.39, 0.29) is 17.2 Å². The van der Waals surface area contributed by atoms with Crippen LogP contribution in [0, 0.1) is 6.92 Å². The molecule has 0 radical (unpaired) electrons. The highest BCUT2D eigenvalue weighted by Crippen LogP contribution is 2.26. The SMILES string of the molecule is CCOC(=O)NC(=O)c1ccsc1NC(=O)c1nc2cnc(C)cc2s1. The predicted molar refractivity (Wildman–Crippen MR) is 98.9 cm³/mol. The van der Waals surface area contributed by atoms with Gasteiger partial charge in [-0.2, -0.15) is 0 Å². The van der Waals surface area contributed by atoms with E-state index < -0.39 is 17.9 Å². The molecule has 0 saturated carbocycles. The van der Waals surface area contributed by atoms with Crippen LogP contribution in [0.5, 0.6) is 0 Å². The van der Waals surface area contributed by atoms with E-state index in [9.17, 15) is 14.4 Å². The van der Waals surface area contributed by atoms with Crippen molar-refractivity contribution in [2.75, 3.05) is 11.9 Å². The highest BCUT2D eigenvalue weighted by Gasteiger charge is 2.20. The lowest BCUT2D eigenvalue weighted by Gasteiger charge is -2.06. The molecule has 134 valence electrons. The number of alkyl carbamates (subject to hydrolysis) is 1. The maximum Gasteiger partial charge on any atom is 0.414 e. The first-order valence-corrected chi connectivity index (χ1v) is 9.27. The molecule has 26 heavy (non-hydrogen) atoms. The molecule has 3 rings (SSSR count). The Morgan fingerprint density at radius 2 is 2.08 bits per heavy atom. The normalized spacial score (nSPS) is 10.5. The number of hydrogen-bond donors (Lipinski definition) is 2. The van der Waals surface area contributed by atoms with Crippen molar-refractivity contribution >= 4 is 55.8 Å². The van der Waals surface area contributed by atoms with Crippen LogP contribution in [0.3, 0.4) is 0 Å². The molecule has 3 aromatic heterocycles.